The largest absolute Gasteiger partial charge is 0.445 e. The van der Waals surface area contributed by atoms with E-state index in [2.05, 4.69) is 19.9 Å². The third-order valence-electron chi connectivity index (χ3n) is 3.23. The van der Waals surface area contributed by atoms with Crippen LogP contribution in [0.2, 0.25) is 0 Å². The quantitative estimate of drug-likeness (QED) is 0.748. The molecule has 0 aromatic heterocycles. The molecular weight excluding hydrogens is 226 g/mol. The van der Waals surface area contributed by atoms with Gasteiger partial charge in [-0.15, -0.1) is 0 Å². The van der Waals surface area contributed by atoms with E-state index in [-0.39, 0.29) is 12.1 Å². The standard InChI is InChI=1S/C15H19NO2/c1-12-8-9-16(13(2)10-12)15(17)18-11-14-6-4-3-5-7-14/h3-8,13H,9-11H2,1-2H3. The van der Waals surface area contributed by atoms with E-state index < -0.39 is 0 Å². The smallest absolute Gasteiger partial charge is 0.410 e. The van der Waals surface area contributed by atoms with Crippen LogP contribution < -0.4 is 0 Å². The first-order valence-electron chi connectivity index (χ1n) is 6.30. The number of hydrogen-bond acceptors (Lipinski definition) is 2. The van der Waals surface area contributed by atoms with Crippen LogP contribution in [0.1, 0.15) is 25.8 Å². The average Bonchev–Trinajstić information content (AvgIpc) is 2.37. The van der Waals surface area contributed by atoms with Crippen molar-refractivity contribution in [3.8, 4) is 0 Å². The van der Waals surface area contributed by atoms with Crippen LogP contribution in [-0.2, 0) is 11.3 Å². The second-order valence-electron chi connectivity index (χ2n) is 4.80. The zero-order valence-electron chi connectivity index (χ0n) is 10.9. The van der Waals surface area contributed by atoms with Crippen molar-refractivity contribution in [3.05, 3.63) is 47.5 Å². The van der Waals surface area contributed by atoms with Gasteiger partial charge in [-0.2, -0.15) is 0 Å². The van der Waals surface area contributed by atoms with Gasteiger partial charge in [0.1, 0.15) is 6.61 Å². The van der Waals surface area contributed by atoms with Gasteiger partial charge >= 0.3 is 6.09 Å². The minimum absolute atomic E-state index is 0.221. The number of carbonyl (C=O) groups is 1. The third-order valence-corrected chi connectivity index (χ3v) is 3.23. The maximum absolute atomic E-state index is 12.0. The third kappa shape index (κ3) is 3.13. The first-order valence-corrected chi connectivity index (χ1v) is 6.30. The molecule has 1 aromatic carbocycles. The Labute approximate surface area is 108 Å². The molecule has 0 spiro atoms. The first kappa shape index (κ1) is 12.7. The predicted octanol–water partition coefficient (Wildman–Crippen LogP) is 3.36. The zero-order chi connectivity index (χ0) is 13.0. The molecule has 18 heavy (non-hydrogen) atoms. The van der Waals surface area contributed by atoms with Gasteiger partial charge in [0, 0.05) is 12.6 Å². The lowest BCUT2D eigenvalue weighted by Crippen LogP contribution is -2.41. The summed E-state index contributed by atoms with van der Waals surface area (Å²) >= 11 is 0. The van der Waals surface area contributed by atoms with Gasteiger partial charge in [0.25, 0.3) is 0 Å². The van der Waals surface area contributed by atoms with Crippen molar-refractivity contribution >= 4 is 6.09 Å². The second kappa shape index (κ2) is 5.71. The molecule has 0 saturated carbocycles. The topological polar surface area (TPSA) is 29.5 Å². The van der Waals surface area contributed by atoms with Gasteiger partial charge in [0.15, 0.2) is 0 Å². The molecule has 0 N–H and O–H groups in total. The summed E-state index contributed by atoms with van der Waals surface area (Å²) in [5, 5.41) is 0. The molecular formula is C15H19NO2. The van der Waals surface area contributed by atoms with Crippen molar-refractivity contribution in [1.29, 1.82) is 0 Å². The summed E-state index contributed by atoms with van der Waals surface area (Å²) in [7, 11) is 0. The summed E-state index contributed by atoms with van der Waals surface area (Å²) in [5.74, 6) is 0. The van der Waals surface area contributed by atoms with E-state index in [1.54, 1.807) is 4.90 Å². The van der Waals surface area contributed by atoms with Crippen LogP contribution in [0.25, 0.3) is 0 Å². The maximum atomic E-state index is 12.0. The molecule has 1 aliphatic rings. The minimum Gasteiger partial charge on any atom is -0.445 e. The van der Waals surface area contributed by atoms with E-state index >= 15 is 0 Å². The number of amides is 1. The Balaban J connectivity index is 1.89. The lowest BCUT2D eigenvalue weighted by Gasteiger charge is -2.31. The van der Waals surface area contributed by atoms with Crippen LogP contribution in [0.4, 0.5) is 4.79 Å². The van der Waals surface area contributed by atoms with Crippen molar-refractivity contribution in [1.82, 2.24) is 4.90 Å². The Morgan fingerprint density at radius 2 is 2.11 bits per heavy atom. The van der Waals surface area contributed by atoms with E-state index in [1.807, 2.05) is 30.3 Å². The molecule has 1 unspecified atom stereocenters. The molecule has 0 radical (unpaired) electrons. The van der Waals surface area contributed by atoms with Crippen LogP contribution in [0.15, 0.2) is 42.0 Å². The van der Waals surface area contributed by atoms with Crippen molar-refractivity contribution in [2.75, 3.05) is 6.54 Å². The molecule has 0 fully saturated rings. The maximum Gasteiger partial charge on any atom is 0.410 e. The summed E-state index contributed by atoms with van der Waals surface area (Å²) < 4.78 is 5.33. The van der Waals surface area contributed by atoms with E-state index in [1.165, 1.54) is 5.57 Å². The molecule has 0 aliphatic carbocycles. The Kier molecular flexibility index (Phi) is 4.03. The minimum atomic E-state index is -0.227. The fraction of sp³-hybridized carbons (Fsp3) is 0.400. The fourth-order valence-electron chi connectivity index (χ4n) is 2.15. The number of rotatable bonds is 2. The molecule has 1 aromatic rings. The Hall–Kier alpha value is -1.77. The van der Waals surface area contributed by atoms with Gasteiger partial charge in [-0.3, -0.25) is 0 Å². The van der Waals surface area contributed by atoms with Crippen molar-refractivity contribution in [3.63, 3.8) is 0 Å². The summed E-state index contributed by atoms with van der Waals surface area (Å²) in [4.78, 5) is 13.7. The fourth-order valence-corrected chi connectivity index (χ4v) is 2.15. The van der Waals surface area contributed by atoms with Gasteiger partial charge in [-0.1, -0.05) is 42.0 Å². The molecule has 96 valence electrons. The summed E-state index contributed by atoms with van der Waals surface area (Å²) in [6.45, 7) is 5.15. The Morgan fingerprint density at radius 1 is 1.39 bits per heavy atom. The highest BCUT2D eigenvalue weighted by molar-refractivity contribution is 5.68. The van der Waals surface area contributed by atoms with Gasteiger partial charge in [0.2, 0.25) is 0 Å². The van der Waals surface area contributed by atoms with E-state index in [9.17, 15) is 4.79 Å². The molecule has 0 bridgehead atoms. The van der Waals surface area contributed by atoms with Gasteiger partial charge in [0.05, 0.1) is 0 Å². The van der Waals surface area contributed by atoms with E-state index in [0.717, 1.165) is 12.0 Å². The molecule has 3 nitrogen and oxygen atoms in total. The van der Waals surface area contributed by atoms with Gasteiger partial charge in [-0.05, 0) is 25.8 Å². The summed E-state index contributed by atoms with van der Waals surface area (Å²) in [6, 6.07) is 9.97. The average molecular weight is 245 g/mol. The highest BCUT2D eigenvalue weighted by atomic mass is 16.6. The highest BCUT2D eigenvalue weighted by Crippen LogP contribution is 2.18. The van der Waals surface area contributed by atoms with Crippen molar-refractivity contribution in [2.45, 2.75) is 32.9 Å². The number of hydrogen-bond donors (Lipinski definition) is 0. The number of nitrogens with zero attached hydrogens (tertiary/aromatic N) is 1. The molecule has 1 amide bonds. The van der Waals surface area contributed by atoms with Gasteiger partial charge < -0.3 is 9.64 Å². The van der Waals surface area contributed by atoms with Crippen LogP contribution in [0, 0.1) is 0 Å². The SMILES string of the molecule is CC1=CCN(C(=O)OCc2ccccc2)C(C)C1. The highest BCUT2D eigenvalue weighted by Gasteiger charge is 2.23. The van der Waals surface area contributed by atoms with E-state index in [4.69, 9.17) is 4.74 Å². The molecule has 0 saturated heterocycles. The monoisotopic (exact) mass is 245 g/mol. The van der Waals surface area contributed by atoms with Crippen LogP contribution in [-0.4, -0.2) is 23.6 Å². The second-order valence-corrected chi connectivity index (χ2v) is 4.80. The summed E-state index contributed by atoms with van der Waals surface area (Å²) in [6.07, 6.45) is 2.79. The number of carbonyl (C=O) groups excluding carboxylic acids is 1. The number of ether oxygens (including phenoxy) is 1. The van der Waals surface area contributed by atoms with Gasteiger partial charge in [-0.25, -0.2) is 4.79 Å². The summed E-state index contributed by atoms with van der Waals surface area (Å²) in [5.41, 5.74) is 2.36. The molecule has 3 heteroatoms. The van der Waals surface area contributed by atoms with Crippen LogP contribution >= 0.6 is 0 Å². The lowest BCUT2D eigenvalue weighted by molar-refractivity contribution is 0.0857. The lowest BCUT2D eigenvalue weighted by atomic mass is 10.0. The van der Waals surface area contributed by atoms with Crippen LogP contribution in [0.5, 0.6) is 0 Å². The van der Waals surface area contributed by atoms with E-state index in [0.29, 0.717) is 13.2 Å². The van der Waals surface area contributed by atoms with Crippen molar-refractivity contribution in [2.24, 2.45) is 0 Å². The van der Waals surface area contributed by atoms with Crippen LogP contribution in [0.3, 0.4) is 0 Å². The molecule has 2 rings (SSSR count). The zero-order valence-corrected chi connectivity index (χ0v) is 10.9. The number of benzene rings is 1. The molecule has 1 atom stereocenters. The molecule has 1 aliphatic heterocycles. The Morgan fingerprint density at radius 3 is 2.78 bits per heavy atom. The molecule has 1 heterocycles. The first-order chi connectivity index (χ1) is 8.66. The Bertz CT molecular complexity index is 439. The predicted molar refractivity (Wildman–Crippen MR) is 71.2 cm³/mol. The van der Waals surface area contributed by atoms with Crippen molar-refractivity contribution < 1.29 is 9.53 Å². The normalized spacial score (nSPS) is 19.3.